The lowest BCUT2D eigenvalue weighted by Gasteiger charge is -2.35. The lowest BCUT2D eigenvalue weighted by atomic mass is 10.1. The highest BCUT2D eigenvalue weighted by Gasteiger charge is 2.27. The van der Waals surface area contributed by atoms with Crippen LogP contribution in [0.15, 0.2) is 60.7 Å². The first-order valence-corrected chi connectivity index (χ1v) is 10.6. The van der Waals surface area contributed by atoms with Gasteiger partial charge in [-0.25, -0.2) is 18.0 Å². The summed E-state index contributed by atoms with van der Waals surface area (Å²) < 4.78 is 41.9. The third-order valence-corrected chi connectivity index (χ3v) is 5.62. The molecular weight excluding hydrogens is 455 g/mol. The summed E-state index contributed by atoms with van der Waals surface area (Å²) in [4.78, 5) is 28.3. The first-order valence-electron chi connectivity index (χ1n) is 10.2. The number of carbonyl (C=O) groups excluding carboxylic acids is 2. The summed E-state index contributed by atoms with van der Waals surface area (Å²) >= 11 is 5.84. The molecule has 170 valence electrons. The van der Waals surface area contributed by atoms with E-state index in [0.717, 1.165) is 12.1 Å². The van der Waals surface area contributed by atoms with Crippen molar-refractivity contribution in [2.24, 2.45) is 0 Å². The molecule has 0 radical (unpaired) electrons. The van der Waals surface area contributed by atoms with E-state index in [9.17, 15) is 22.8 Å². The number of nitrogens with one attached hydrogen (secondary N) is 1. The van der Waals surface area contributed by atoms with Gasteiger partial charge in [-0.3, -0.25) is 9.69 Å². The second-order valence-corrected chi connectivity index (χ2v) is 7.93. The quantitative estimate of drug-likeness (QED) is 0.506. The summed E-state index contributed by atoms with van der Waals surface area (Å²) in [6.07, 6.45) is 0.680. The normalized spacial score (nSPS) is 13.9. The van der Waals surface area contributed by atoms with Gasteiger partial charge in [-0.15, -0.1) is 0 Å². The van der Waals surface area contributed by atoms with Crippen molar-refractivity contribution in [1.82, 2.24) is 4.90 Å². The minimum absolute atomic E-state index is 0.00159. The Hall–Kier alpha value is -3.52. The van der Waals surface area contributed by atoms with Gasteiger partial charge in [-0.1, -0.05) is 29.8 Å². The van der Waals surface area contributed by atoms with Crippen molar-refractivity contribution >= 4 is 34.9 Å². The van der Waals surface area contributed by atoms with E-state index < -0.39 is 28.9 Å². The van der Waals surface area contributed by atoms with Crippen LogP contribution in [0.4, 0.5) is 29.3 Å². The third-order valence-electron chi connectivity index (χ3n) is 5.33. The molecule has 1 aliphatic heterocycles. The highest BCUT2D eigenvalue weighted by molar-refractivity contribution is 6.30. The van der Waals surface area contributed by atoms with Gasteiger partial charge in [0.2, 0.25) is 0 Å². The van der Waals surface area contributed by atoms with Gasteiger partial charge >= 0.3 is 6.03 Å². The van der Waals surface area contributed by atoms with Crippen LogP contribution in [-0.2, 0) is 6.54 Å². The Kier molecular flexibility index (Phi) is 6.55. The SMILES string of the molecule is O=C(Nc1ccc(N2CCCN(Cc3cccc(Cl)c3F)C2=O)cc1)c1c(F)cccc1F. The molecule has 0 atom stereocenters. The molecule has 0 spiro atoms. The second-order valence-electron chi connectivity index (χ2n) is 7.52. The van der Waals surface area contributed by atoms with E-state index in [0.29, 0.717) is 36.4 Å². The van der Waals surface area contributed by atoms with Gasteiger partial charge in [-0.2, -0.15) is 0 Å². The maximum Gasteiger partial charge on any atom is 0.324 e. The Morgan fingerprint density at radius 1 is 0.939 bits per heavy atom. The molecule has 1 heterocycles. The van der Waals surface area contributed by atoms with Gasteiger partial charge in [0.05, 0.1) is 11.6 Å². The van der Waals surface area contributed by atoms with Crippen LogP contribution in [0.3, 0.4) is 0 Å². The van der Waals surface area contributed by atoms with E-state index in [1.165, 1.54) is 29.2 Å². The van der Waals surface area contributed by atoms with Crippen molar-refractivity contribution in [2.75, 3.05) is 23.3 Å². The molecule has 33 heavy (non-hydrogen) atoms. The van der Waals surface area contributed by atoms with Gasteiger partial charge in [0.25, 0.3) is 5.91 Å². The maximum atomic E-state index is 14.3. The van der Waals surface area contributed by atoms with Crippen molar-refractivity contribution < 1.29 is 22.8 Å². The minimum Gasteiger partial charge on any atom is -0.322 e. The van der Waals surface area contributed by atoms with Crippen molar-refractivity contribution in [3.05, 3.63) is 94.3 Å². The van der Waals surface area contributed by atoms with Crippen LogP contribution >= 0.6 is 11.6 Å². The van der Waals surface area contributed by atoms with Crippen LogP contribution in [-0.4, -0.2) is 29.9 Å². The number of hydrogen-bond donors (Lipinski definition) is 1. The standard InChI is InChI=1S/C24H19ClF3N3O2/c25-18-5-1-4-15(22(18)28)14-30-12-3-13-31(24(30)33)17-10-8-16(9-11-17)29-23(32)21-19(26)6-2-7-20(21)27/h1-2,4-11H,3,12-14H2,(H,29,32). The number of anilines is 2. The molecular formula is C24H19ClF3N3O2. The van der Waals surface area contributed by atoms with E-state index >= 15 is 0 Å². The molecule has 0 aliphatic carbocycles. The number of carbonyl (C=O) groups is 2. The number of hydrogen-bond acceptors (Lipinski definition) is 2. The predicted octanol–water partition coefficient (Wildman–Crippen LogP) is 5.84. The van der Waals surface area contributed by atoms with Crippen LogP contribution in [0.2, 0.25) is 5.02 Å². The lowest BCUT2D eigenvalue weighted by molar-refractivity contribution is 0.101. The molecule has 1 N–H and O–H groups in total. The highest BCUT2D eigenvalue weighted by Crippen LogP contribution is 2.25. The van der Waals surface area contributed by atoms with E-state index in [4.69, 9.17) is 11.6 Å². The number of nitrogens with zero attached hydrogens (tertiary/aromatic N) is 2. The molecule has 9 heteroatoms. The fourth-order valence-electron chi connectivity index (χ4n) is 3.68. The lowest BCUT2D eigenvalue weighted by Crippen LogP contribution is -2.49. The fraction of sp³-hybridized carbons (Fsp3) is 0.167. The van der Waals surface area contributed by atoms with Crippen molar-refractivity contribution in [1.29, 1.82) is 0 Å². The van der Waals surface area contributed by atoms with E-state index in [1.54, 1.807) is 29.2 Å². The molecule has 0 bridgehead atoms. The topological polar surface area (TPSA) is 52.7 Å². The Labute approximate surface area is 193 Å². The molecule has 0 saturated carbocycles. The first-order chi connectivity index (χ1) is 15.8. The van der Waals surface area contributed by atoms with Crippen LogP contribution in [0.1, 0.15) is 22.3 Å². The Bertz CT molecular complexity index is 1180. The molecule has 0 unspecified atom stereocenters. The van der Waals surface area contributed by atoms with Gasteiger partial charge in [0.1, 0.15) is 23.0 Å². The maximum absolute atomic E-state index is 14.3. The van der Waals surface area contributed by atoms with Gasteiger partial charge in [0.15, 0.2) is 0 Å². The van der Waals surface area contributed by atoms with Crippen LogP contribution < -0.4 is 10.2 Å². The molecule has 1 fully saturated rings. The zero-order valence-electron chi connectivity index (χ0n) is 17.3. The number of benzene rings is 3. The number of halogens is 4. The molecule has 3 aromatic rings. The van der Waals surface area contributed by atoms with Gasteiger partial charge in [-0.05, 0) is 48.9 Å². The Balaban J connectivity index is 1.46. The Morgan fingerprint density at radius 3 is 2.30 bits per heavy atom. The molecule has 3 aromatic carbocycles. The molecule has 3 amide bonds. The summed E-state index contributed by atoms with van der Waals surface area (Å²) in [5.41, 5.74) is 0.549. The predicted molar refractivity (Wildman–Crippen MR) is 120 cm³/mol. The number of urea groups is 1. The first kappa shape index (κ1) is 22.7. The Morgan fingerprint density at radius 2 is 1.61 bits per heavy atom. The second kappa shape index (κ2) is 9.54. The molecule has 1 aliphatic rings. The molecule has 0 aromatic heterocycles. The largest absolute Gasteiger partial charge is 0.324 e. The summed E-state index contributed by atoms with van der Waals surface area (Å²) in [5.74, 6) is -3.38. The zero-order valence-corrected chi connectivity index (χ0v) is 18.1. The number of amides is 3. The average Bonchev–Trinajstić information content (AvgIpc) is 2.79. The van der Waals surface area contributed by atoms with Gasteiger partial charge < -0.3 is 10.2 Å². The smallest absolute Gasteiger partial charge is 0.322 e. The van der Waals surface area contributed by atoms with E-state index in [1.807, 2.05) is 0 Å². The summed E-state index contributed by atoms with van der Waals surface area (Å²) in [5, 5.41) is 2.45. The molecule has 5 nitrogen and oxygen atoms in total. The zero-order chi connectivity index (χ0) is 23.5. The minimum atomic E-state index is -0.959. The summed E-state index contributed by atoms with van der Waals surface area (Å²) in [6, 6.07) is 13.9. The number of rotatable bonds is 5. The third kappa shape index (κ3) is 4.80. The van der Waals surface area contributed by atoms with E-state index in [-0.39, 0.29) is 17.6 Å². The van der Waals surface area contributed by atoms with E-state index in [2.05, 4.69) is 5.32 Å². The van der Waals surface area contributed by atoms with Crippen LogP contribution in [0.5, 0.6) is 0 Å². The molecule has 4 rings (SSSR count). The summed E-state index contributed by atoms with van der Waals surface area (Å²) in [7, 11) is 0. The fourth-order valence-corrected chi connectivity index (χ4v) is 3.87. The van der Waals surface area contributed by atoms with Crippen LogP contribution in [0, 0.1) is 17.5 Å². The molecule has 1 saturated heterocycles. The summed E-state index contributed by atoms with van der Waals surface area (Å²) in [6.45, 7) is 1.03. The van der Waals surface area contributed by atoms with Crippen molar-refractivity contribution in [3.63, 3.8) is 0 Å². The van der Waals surface area contributed by atoms with Gasteiger partial charge in [0, 0.05) is 30.0 Å². The van der Waals surface area contributed by atoms with Crippen LogP contribution in [0.25, 0.3) is 0 Å². The van der Waals surface area contributed by atoms with Crippen molar-refractivity contribution in [2.45, 2.75) is 13.0 Å². The van der Waals surface area contributed by atoms with Crippen molar-refractivity contribution in [3.8, 4) is 0 Å². The monoisotopic (exact) mass is 473 g/mol. The average molecular weight is 474 g/mol. The highest BCUT2D eigenvalue weighted by atomic mass is 35.5.